The third-order valence-electron chi connectivity index (χ3n) is 5.24. The molecule has 29 heavy (non-hydrogen) atoms. The van der Waals surface area contributed by atoms with Crippen molar-refractivity contribution in [3.63, 3.8) is 0 Å². The van der Waals surface area contributed by atoms with Crippen molar-refractivity contribution in [1.82, 2.24) is 15.8 Å². The quantitative estimate of drug-likeness (QED) is 0.742. The van der Waals surface area contributed by atoms with E-state index >= 15 is 0 Å². The van der Waals surface area contributed by atoms with Crippen LogP contribution in [0.25, 0.3) is 0 Å². The first-order valence-corrected chi connectivity index (χ1v) is 9.20. The van der Waals surface area contributed by atoms with Crippen LogP contribution >= 0.6 is 0 Å². The summed E-state index contributed by atoms with van der Waals surface area (Å²) in [5, 5.41) is 4.01. The molecule has 3 heterocycles. The van der Waals surface area contributed by atoms with Crippen molar-refractivity contribution in [3.05, 3.63) is 47.4 Å². The zero-order valence-corrected chi connectivity index (χ0v) is 15.9. The van der Waals surface area contributed by atoms with E-state index in [1.165, 1.54) is 0 Å². The summed E-state index contributed by atoms with van der Waals surface area (Å²) < 4.78 is 52.0. The summed E-state index contributed by atoms with van der Waals surface area (Å²) in [7, 11) is 1.55. The number of hydrogen-bond acceptors (Lipinski definition) is 6. The van der Waals surface area contributed by atoms with Gasteiger partial charge in [-0.2, -0.15) is 13.2 Å². The van der Waals surface area contributed by atoms with Crippen molar-refractivity contribution in [1.29, 1.82) is 0 Å². The first-order chi connectivity index (χ1) is 13.8. The van der Waals surface area contributed by atoms with Crippen molar-refractivity contribution < 1.29 is 27.4 Å². The molecule has 1 aromatic rings. The van der Waals surface area contributed by atoms with Gasteiger partial charge in [-0.05, 0) is 12.5 Å². The molecule has 3 unspecified atom stereocenters. The number of methoxy groups -OCH3 is 1. The van der Waals surface area contributed by atoms with Crippen LogP contribution in [0.1, 0.15) is 18.4 Å². The SMILES string of the molecule is COC[C@@H]1CO/C(=C2\C(=O)N3NC(C(F)(F)F)C(c4ccccc4)C3N=C2C)N1. The second kappa shape index (κ2) is 7.34. The summed E-state index contributed by atoms with van der Waals surface area (Å²) in [5.74, 6) is -1.44. The fraction of sp³-hybridized carbons (Fsp3) is 0.474. The second-order valence-electron chi connectivity index (χ2n) is 7.20. The number of nitrogens with one attached hydrogen (secondary N) is 2. The van der Waals surface area contributed by atoms with E-state index in [9.17, 15) is 18.0 Å². The van der Waals surface area contributed by atoms with Crippen LogP contribution < -0.4 is 10.7 Å². The number of fused-ring (bicyclic) bond motifs is 1. The number of hydrazine groups is 1. The summed E-state index contributed by atoms with van der Waals surface area (Å²) in [4.78, 5) is 17.6. The highest BCUT2D eigenvalue weighted by molar-refractivity contribution is 6.22. The number of alkyl halides is 3. The number of hydrogen-bond donors (Lipinski definition) is 2. The van der Waals surface area contributed by atoms with Crippen molar-refractivity contribution >= 4 is 11.6 Å². The smallest absolute Gasteiger partial charge is 0.406 e. The summed E-state index contributed by atoms with van der Waals surface area (Å²) in [6.07, 6.45) is -5.56. The largest absolute Gasteiger partial charge is 0.476 e. The summed E-state index contributed by atoms with van der Waals surface area (Å²) in [6.45, 7) is 2.27. The maximum absolute atomic E-state index is 13.8. The van der Waals surface area contributed by atoms with Gasteiger partial charge in [-0.1, -0.05) is 30.3 Å². The number of amides is 1. The van der Waals surface area contributed by atoms with Gasteiger partial charge < -0.3 is 14.8 Å². The Morgan fingerprint density at radius 1 is 1.31 bits per heavy atom. The monoisotopic (exact) mass is 410 g/mol. The highest BCUT2D eigenvalue weighted by Crippen LogP contribution is 2.42. The number of rotatable bonds is 3. The standard InChI is InChI=1S/C19H21F3N4O3/c1-10-13(17-24-12(8-28-2)9-29-17)18(27)26-16(23-10)14(11-6-4-3-5-7-11)15(25-26)19(20,21)22/h3-7,12,14-16,24-25H,8-9H2,1-2H3/b17-13-/t12-,14?,15?,16?/m1/s1. The minimum Gasteiger partial charge on any atom is -0.476 e. The Morgan fingerprint density at radius 3 is 2.69 bits per heavy atom. The van der Waals surface area contributed by atoms with Crippen LogP contribution in [0.3, 0.4) is 0 Å². The molecule has 3 aliphatic heterocycles. The van der Waals surface area contributed by atoms with Gasteiger partial charge in [-0.3, -0.25) is 9.79 Å². The Morgan fingerprint density at radius 2 is 2.03 bits per heavy atom. The van der Waals surface area contributed by atoms with E-state index < -0.39 is 30.2 Å². The van der Waals surface area contributed by atoms with E-state index in [1.54, 1.807) is 44.4 Å². The molecule has 10 heteroatoms. The van der Waals surface area contributed by atoms with E-state index in [0.29, 0.717) is 24.5 Å². The van der Waals surface area contributed by atoms with Gasteiger partial charge in [0.1, 0.15) is 24.4 Å². The van der Waals surface area contributed by atoms with E-state index in [1.807, 2.05) is 0 Å². The molecule has 156 valence electrons. The minimum absolute atomic E-state index is 0.127. The number of nitrogens with zero attached hydrogens (tertiary/aromatic N) is 2. The number of carbonyl (C=O) groups is 1. The number of halogens is 3. The Kier molecular flexibility index (Phi) is 4.99. The second-order valence-corrected chi connectivity index (χ2v) is 7.20. The summed E-state index contributed by atoms with van der Waals surface area (Å²) in [6, 6.07) is 6.24. The van der Waals surface area contributed by atoms with Gasteiger partial charge in [0.05, 0.1) is 24.3 Å². The van der Waals surface area contributed by atoms with Crippen LogP contribution in [0.4, 0.5) is 13.2 Å². The maximum atomic E-state index is 13.8. The zero-order valence-electron chi connectivity index (χ0n) is 15.9. The lowest BCUT2D eigenvalue weighted by Gasteiger charge is -2.30. The first-order valence-electron chi connectivity index (χ1n) is 9.20. The van der Waals surface area contributed by atoms with Crippen LogP contribution in [0.15, 0.2) is 46.8 Å². The van der Waals surface area contributed by atoms with E-state index in [4.69, 9.17) is 9.47 Å². The molecule has 3 aliphatic rings. The average molecular weight is 410 g/mol. The predicted molar refractivity (Wildman–Crippen MR) is 97.7 cm³/mol. The molecule has 0 aromatic heterocycles. The minimum atomic E-state index is -4.56. The maximum Gasteiger partial charge on any atom is 0.406 e. The Balaban J connectivity index is 1.72. The van der Waals surface area contributed by atoms with Gasteiger partial charge in [0.2, 0.25) is 5.88 Å². The molecule has 4 rings (SSSR count). The van der Waals surface area contributed by atoms with Crippen LogP contribution in [0, 0.1) is 0 Å². The molecule has 2 fully saturated rings. The first kappa shape index (κ1) is 19.7. The summed E-state index contributed by atoms with van der Waals surface area (Å²) in [5.41, 5.74) is 3.28. The van der Waals surface area contributed by atoms with E-state index in [2.05, 4.69) is 15.7 Å². The van der Waals surface area contributed by atoms with Gasteiger partial charge in [-0.15, -0.1) is 0 Å². The molecule has 0 spiro atoms. The van der Waals surface area contributed by atoms with Crippen molar-refractivity contribution in [2.45, 2.75) is 37.3 Å². The Hall–Kier alpha value is -2.59. The van der Waals surface area contributed by atoms with Crippen LogP contribution in [0.5, 0.6) is 0 Å². The topological polar surface area (TPSA) is 75.2 Å². The fourth-order valence-corrected chi connectivity index (χ4v) is 3.96. The van der Waals surface area contributed by atoms with Gasteiger partial charge in [0.15, 0.2) is 0 Å². The molecule has 0 bridgehead atoms. The molecule has 0 saturated carbocycles. The number of benzene rings is 1. The molecule has 1 aromatic carbocycles. The Labute approximate surface area is 165 Å². The average Bonchev–Trinajstić information content (AvgIpc) is 3.27. The lowest BCUT2D eigenvalue weighted by molar-refractivity contribution is -0.161. The van der Waals surface area contributed by atoms with E-state index in [-0.39, 0.29) is 17.5 Å². The molecule has 7 nitrogen and oxygen atoms in total. The fourth-order valence-electron chi connectivity index (χ4n) is 3.96. The normalized spacial score (nSPS) is 32.0. The molecular weight excluding hydrogens is 389 g/mol. The highest BCUT2D eigenvalue weighted by atomic mass is 19.4. The van der Waals surface area contributed by atoms with Crippen LogP contribution in [-0.4, -0.2) is 61.4 Å². The zero-order chi connectivity index (χ0) is 20.8. The van der Waals surface area contributed by atoms with Crippen molar-refractivity contribution in [2.75, 3.05) is 20.3 Å². The van der Waals surface area contributed by atoms with E-state index in [0.717, 1.165) is 5.01 Å². The number of carbonyl (C=O) groups excluding carboxylic acids is 1. The molecule has 0 aliphatic carbocycles. The number of ether oxygens (including phenoxy) is 2. The van der Waals surface area contributed by atoms with Gasteiger partial charge in [0.25, 0.3) is 5.91 Å². The van der Waals surface area contributed by atoms with Crippen molar-refractivity contribution in [3.8, 4) is 0 Å². The lowest BCUT2D eigenvalue weighted by Crippen LogP contribution is -2.50. The van der Waals surface area contributed by atoms with Crippen LogP contribution in [0.2, 0.25) is 0 Å². The predicted octanol–water partition coefficient (Wildman–Crippen LogP) is 1.69. The molecule has 1 amide bonds. The lowest BCUT2D eigenvalue weighted by atomic mass is 9.89. The summed E-state index contributed by atoms with van der Waals surface area (Å²) >= 11 is 0. The molecule has 0 radical (unpaired) electrons. The molecular formula is C19H21F3N4O3. The molecule has 2 N–H and O–H groups in total. The highest BCUT2D eigenvalue weighted by Gasteiger charge is 2.58. The Bertz CT molecular complexity index is 856. The third kappa shape index (κ3) is 3.46. The van der Waals surface area contributed by atoms with Gasteiger partial charge in [0, 0.05) is 7.11 Å². The third-order valence-corrected chi connectivity index (χ3v) is 5.24. The molecule has 4 atom stereocenters. The van der Waals surface area contributed by atoms with Gasteiger partial charge in [-0.25, -0.2) is 10.4 Å². The molecule has 2 saturated heterocycles. The van der Waals surface area contributed by atoms with Gasteiger partial charge >= 0.3 is 6.18 Å². The number of aliphatic imine (C=N–C) groups is 1. The van der Waals surface area contributed by atoms with Crippen LogP contribution in [-0.2, 0) is 14.3 Å². The van der Waals surface area contributed by atoms with Crippen molar-refractivity contribution in [2.24, 2.45) is 4.99 Å².